The van der Waals surface area contributed by atoms with Gasteiger partial charge >= 0.3 is 6.18 Å². The Morgan fingerprint density at radius 3 is 2.39 bits per heavy atom. The van der Waals surface area contributed by atoms with Gasteiger partial charge in [0, 0.05) is 5.69 Å². The van der Waals surface area contributed by atoms with Gasteiger partial charge in [-0.15, -0.1) is 0 Å². The number of nitrogens with one attached hydrogen (secondary N) is 2. The van der Waals surface area contributed by atoms with E-state index in [1.54, 1.807) is 13.0 Å². The van der Waals surface area contributed by atoms with E-state index in [9.17, 15) is 13.2 Å². The predicted octanol–water partition coefficient (Wildman–Crippen LogP) is 4.42. The molecule has 0 aliphatic carbocycles. The highest BCUT2D eigenvalue weighted by Crippen LogP contribution is 2.29. The molecule has 0 aromatic heterocycles. The molecule has 23 heavy (non-hydrogen) atoms. The Kier molecular flexibility index (Phi) is 5.33. The van der Waals surface area contributed by atoms with E-state index in [4.69, 9.17) is 12.2 Å². The van der Waals surface area contributed by atoms with E-state index in [1.165, 1.54) is 6.07 Å². The second kappa shape index (κ2) is 7.23. The van der Waals surface area contributed by atoms with Crippen LogP contribution in [0.15, 0.2) is 59.7 Å². The highest BCUT2D eigenvalue weighted by Gasteiger charge is 2.30. The summed E-state index contributed by atoms with van der Waals surface area (Å²) in [6.07, 6.45) is -4.38. The van der Waals surface area contributed by atoms with Crippen molar-refractivity contribution in [1.29, 1.82) is 0 Å². The third-order valence-corrected chi connectivity index (χ3v) is 3.16. The fourth-order valence-corrected chi connectivity index (χ4v) is 1.96. The van der Waals surface area contributed by atoms with Gasteiger partial charge in [0.25, 0.3) is 0 Å². The van der Waals surface area contributed by atoms with Crippen molar-refractivity contribution in [3.8, 4) is 0 Å². The maximum absolute atomic E-state index is 12.7. The highest BCUT2D eigenvalue weighted by molar-refractivity contribution is 7.80. The summed E-state index contributed by atoms with van der Waals surface area (Å²) in [7, 11) is 0. The Hall–Kier alpha value is -2.41. The quantitative estimate of drug-likeness (QED) is 0.495. The molecule has 0 saturated carbocycles. The lowest BCUT2D eigenvalue weighted by Crippen LogP contribution is -2.25. The SMILES string of the molecule is CC(=NNC(=S)Nc1ccccc1)c1cccc(C(F)(F)F)c1. The van der Waals surface area contributed by atoms with E-state index in [0.29, 0.717) is 11.3 Å². The van der Waals surface area contributed by atoms with Crippen LogP contribution in [0.25, 0.3) is 0 Å². The maximum Gasteiger partial charge on any atom is 0.416 e. The van der Waals surface area contributed by atoms with Crippen LogP contribution in [0.5, 0.6) is 0 Å². The van der Waals surface area contributed by atoms with Crippen LogP contribution in [0, 0.1) is 0 Å². The van der Waals surface area contributed by atoms with Gasteiger partial charge in [-0.2, -0.15) is 18.3 Å². The largest absolute Gasteiger partial charge is 0.416 e. The van der Waals surface area contributed by atoms with Gasteiger partial charge in [-0.3, -0.25) is 5.43 Å². The average Bonchev–Trinajstić information content (AvgIpc) is 2.53. The number of anilines is 1. The second-order valence-electron chi connectivity index (χ2n) is 4.71. The van der Waals surface area contributed by atoms with Crippen LogP contribution < -0.4 is 10.7 Å². The molecule has 0 atom stereocenters. The van der Waals surface area contributed by atoms with Crippen molar-refractivity contribution in [1.82, 2.24) is 5.43 Å². The lowest BCUT2D eigenvalue weighted by atomic mass is 10.1. The lowest BCUT2D eigenvalue weighted by molar-refractivity contribution is -0.137. The van der Waals surface area contributed by atoms with Gasteiger partial charge in [0.05, 0.1) is 11.3 Å². The first-order chi connectivity index (χ1) is 10.9. The number of benzene rings is 2. The minimum atomic E-state index is -4.38. The summed E-state index contributed by atoms with van der Waals surface area (Å²) in [5, 5.41) is 7.18. The van der Waals surface area contributed by atoms with E-state index in [2.05, 4.69) is 15.8 Å². The molecule has 0 saturated heterocycles. The number of rotatable bonds is 3. The summed E-state index contributed by atoms with van der Waals surface area (Å²) in [6.45, 7) is 1.60. The number of alkyl halides is 3. The summed E-state index contributed by atoms with van der Waals surface area (Å²) in [4.78, 5) is 0. The fourth-order valence-electron chi connectivity index (χ4n) is 1.80. The fraction of sp³-hybridized carbons (Fsp3) is 0.125. The molecule has 0 unspecified atom stereocenters. The zero-order chi connectivity index (χ0) is 16.9. The number of hydrazone groups is 1. The molecule has 2 aromatic rings. The summed E-state index contributed by atoms with van der Waals surface area (Å²) < 4.78 is 38.1. The summed E-state index contributed by atoms with van der Waals surface area (Å²) in [5.74, 6) is 0. The number of nitrogens with zero attached hydrogens (tertiary/aromatic N) is 1. The van der Waals surface area contributed by atoms with E-state index >= 15 is 0 Å². The molecule has 0 spiro atoms. The Morgan fingerprint density at radius 1 is 1.04 bits per heavy atom. The van der Waals surface area contributed by atoms with Gasteiger partial charge in [0.2, 0.25) is 0 Å². The van der Waals surface area contributed by atoms with Gasteiger partial charge < -0.3 is 5.32 Å². The topological polar surface area (TPSA) is 36.4 Å². The molecule has 0 aliphatic rings. The second-order valence-corrected chi connectivity index (χ2v) is 5.12. The first-order valence-corrected chi connectivity index (χ1v) is 7.11. The number of thiocarbonyl (C=S) groups is 1. The molecule has 0 aliphatic heterocycles. The van der Waals surface area contributed by atoms with Crippen molar-refractivity contribution in [3.05, 3.63) is 65.7 Å². The Labute approximate surface area is 137 Å². The van der Waals surface area contributed by atoms with E-state index < -0.39 is 11.7 Å². The summed E-state index contributed by atoms with van der Waals surface area (Å²) >= 11 is 5.08. The van der Waals surface area contributed by atoms with Crippen LogP contribution >= 0.6 is 12.2 Å². The van der Waals surface area contributed by atoms with Crippen LogP contribution in [0.3, 0.4) is 0 Å². The van der Waals surface area contributed by atoms with Crippen molar-refractivity contribution in [2.75, 3.05) is 5.32 Å². The van der Waals surface area contributed by atoms with Crippen LogP contribution in [-0.2, 0) is 6.18 Å². The predicted molar refractivity (Wildman–Crippen MR) is 89.5 cm³/mol. The van der Waals surface area contributed by atoms with Crippen LogP contribution in [0.1, 0.15) is 18.1 Å². The zero-order valence-corrected chi connectivity index (χ0v) is 13.0. The standard InChI is InChI=1S/C16H14F3N3S/c1-11(12-6-5-7-13(10-12)16(17,18)19)21-22-15(23)20-14-8-3-2-4-9-14/h2-10H,1H3,(H2,20,22,23). The molecule has 120 valence electrons. The average molecular weight is 337 g/mol. The van der Waals surface area contributed by atoms with Crippen molar-refractivity contribution >= 4 is 28.7 Å². The van der Waals surface area contributed by atoms with E-state index in [1.807, 2.05) is 30.3 Å². The highest BCUT2D eigenvalue weighted by atomic mass is 32.1. The minimum Gasteiger partial charge on any atom is -0.331 e. The Morgan fingerprint density at radius 2 is 1.74 bits per heavy atom. The third-order valence-electron chi connectivity index (χ3n) is 2.96. The van der Waals surface area contributed by atoms with E-state index in [0.717, 1.165) is 17.8 Å². The zero-order valence-electron chi connectivity index (χ0n) is 12.2. The number of hydrogen-bond donors (Lipinski definition) is 2. The summed E-state index contributed by atoms with van der Waals surface area (Å²) in [6, 6.07) is 14.2. The molecule has 0 fully saturated rings. The number of hydrogen-bond acceptors (Lipinski definition) is 2. The van der Waals surface area contributed by atoms with Gasteiger partial charge in [-0.05, 0) is 49.0 Å². The third kappa shape index (κ3) is 5.07. The first kappa shape index (κ1) is 17.0. The molecular formula is C16H14F3N3S. The van der Waals surface area contributed by atoms with Crippen LogP contribution in [0.4, 0.5) is 18.9 Å². The van der Waals surface area contributed by atoms with Crippen molar-refractivity contribution in [2.45, 2.75) is 13.1 Å². The molecule has 0 radical (unpaired) electrons. The lowest BCUT2D eigenvalue weighted by Gasteiger charge is -2.10. The van der Waals surface area contributed by atoms with Gasteiger partial charge in [-0.25, -0.2) is 0 Å². The van der Waals surface area contributed by atoms with Crippen LogP contribution in [0.2, 0.25) is 0 Å². The Bertz CT molecular complexity index is 712. The number of halogens is 3. The molecule has 0 heterocycles. The Balaban J connectivity index is 2.04. The maximum atomic E-state index is 12.7. The van der Waals surface area contributed by atoms with Gasteiger partial charge in [0.15, 0.2) is 5.11 Å². The molecule has 2 N–H and O–H groups in total. The molecule has 0 amide bonds. The molecular weight excluding hydrogens is 323 g/mol. The normalized spacial score (nSPS) is 11.9. The van der Waals surface area contributed by atoms with Crippen molar-refractivity contribution < 1.29 is 13.2 Å². The molecule has 7 heteroatoms. The van der Waals surface area contributed by atoms with Gasteiger partial charge in [0.1, 0.15) is 0 Å². The van der Waals surface area contributed by atoms with E-state index in [-0.39, 0.29) is 5.11 Å². The molecule has 2 aromatic carbocycles. The molecule has 2 rings (SSSR count). The van der Waals surface area contributed by atoms with Crippen LogP contribution in [-0.4, -0.2) is 10.8 Å². The number of para-hydroxylation sites is 1. The monoisotopic (exact) mass is 337 g/mol. The molecule has 3 nitrogen and oxygen atoms in total. The van der Waals surface area contributed by atoms with Gasteiger partial charge in [-0.1, -0.05) is 30.3 Å². The first-order valence-electron chi connectivity index (χ1n) is 6.70. The van der Waals surface area contributed by atoms with Crippen molar-refractivity contribution in [2.24, 2.45) is 5.10 Å². The summed E-state index contributed by atoms with van der Waals surface area (Å²) in [5.41, 5.74) is 3.46. The smallest absolute Gasteiger partial charge is 0.331 e. The molecule has 0 bridgehead atoms. The minimum absolute atomic E-state index is 0.252. The van der Waals surface area contributed by atoms with Crippen molar-refractivity contribution in [3.63, 3.8) is 0 Å².